The topological polar surface area (TPSA) is 48.1 Å². The molecular weight excluding hydrogens is 512 g/mol. The molecule has 4 heteroatoms. The Morgan fingerprint density at radius 2 is 1.12 bits per heavy atom. The van der Waals surface area contributed by atoms with Gasteiger partial charge in [-0.15, -0.1) is 0 Å². The summed E-state index contributed by atoms with van der Waals surface area (Å²) in [4.78, 5) is 0. The molecule has 0 saturated carbocycles. The molecule has 4 nitrogen and oxygen atoms in total. The van der Waals surface area contributed by atoms with Crippen LogP contribution in [0.5, 0.6) is 0 Å². The standard InChI is InChI=1S/C38H30N4/c1-2-10-26(11-3-1)30-14-4-5-17-33(30)39-29-22-20-25(21-23-29)27-12-8-13-28(24-27)31-15-9-16-32-36(31)42-38-37(32)40-34-18-6-7-19-35(34)41-38/h1-24,37-42H. The van der Waals surface area contributed by atoms with Crippen LogP contribution in [0.25, 0.3) is 33.4 Å². The highest BCUT2D eigenvalue weighted by Crippen LogP contribution is 2.46. The molecule has 42 heavy (non-hydrogen) atoms. The molecule has 0 aliphatic carbocycles. The lowest BCUT2D eigenvalue weighted by molar-refractivity contribution is 0.701. The molecule has 202 valence electrons. The fourth-order valence-corrected chi connectivity index (χ4v) is 6.23. The van der Waals surface area contributed by atoms with Crippen LogP contribution in [0.1, 0.15) is 11.6 Å². The first-order valence-electron chi connectivity index (χ1n) is 14.4. The van der Waals surface area contributed by atoms with E-state index in [0.717, 1.165) is 22.7 Å². The number of benzene rings is 6. The predicted molar refractivity (Wildman–Crippen MR) is 176 cm³/mol. The van der Waals surface area contributed by atoms with Crippen LogP contribution in [-0.4, -0.2) is 6.17 Å². The maximum Gasteiger partial charge on any atom is 0.122 e. The van der Waals surface area contributed by atoms with Crippen molar-refractivity contribution >= 4 is 28.4 Å². The second kappa shape index (κ2) is 10.2. The van der Waals surface area contributed by atoms with E-state index in [1.165, 1.54) is 44.6 Å². The Bertz CT molecular complexity index is 1900. The fourth-order valence-electron chi connectivity index (χ4n) is 6.23. The van der Waals surface area contributed by atoms with Gasteiger partial charge in [0.2, 0.25) is 0 Å². The third kappa shape index (κ3) is 4.34. The Morgan fingerprint density at radius 3 is 1.98 bits per heavy atom. The lowest BCUT2D eigenvalue weighted by atomic mass is 9.95. The summed E-state index contributed by atoms with van der Waals surface area (Å²) in [5.74, 6) is 0. The van der Waals surface area contributed by atoms with E-state index in [0.29, 0.717) is 0 Å². The summed E-state index contributed by atoms with van der Waals surface area (Å²) in [6.07, 6.45) is 0.103. The van der Waals surface area contributed by atoms with Gasteiger partial charge in [-0.05, 0) is 58.7 Å². The van der Waals surface area contributed by atoms with Gasteiger partial charge in [-0.2, -0.15) is 0 Å². The monoisotopic (exact) mass is 542 g/mol. The van der Waals surface area contributed by atoms with Crippen molar-refractivity contribution in [1.29, 1.82) is 0 Å². The highest BCUT2D eigenvalue weighted by molar-refractivity contribution is 5.88. The van der Waals surface area contributed by atoms with Crippen LogP contribution in [-0.2, 0) is 0 Å². The third-order valence-electron chi connectivity index (χ3n) is 8.30. The van der Waals surface area contributed by atoms with E-state index in [-0.39, 0.29) is 12.2 Å². The van der Waals surface area contributed by atoms with Crippen molar-refractivity contribution in [2.24, 2.45) is 0 Å². The molecule has 4 N–H and O–H groups in total. The number of fused-ring (bicyclic) bond motifs is 4. The summed E-state index contributed by atoms with van der Waals surface area (Å²) in [5.41, 5.74) is 14.1. The average Bonchev–Trinajstić information content (AvgIpc) is 3.42. The van der Waals surface area contributed by atoms with E-state index in [1.54, 1.807) is 0 Å². The predicted octanol–water partition coefficient (Wildman–Crippen LogP) is 9.76. The minimum atomic E-state index is 0.103. The zero-order valence-corrected chi connectivity index (χ0v) is 23.0. The van der Waals surface area contributed by atoms with E-state index in [2.05, 4.69) is 167 Å². The van der Waals surface area contributed by atoms with Crippen molar-refractivity contribution in [3.05, 3.63) is 151 Å². The summed E-state index contributed by atoms with van der Waals surface area (Å²) in [6, 6.07) is 51.7. The first-order chi connectivity index (χ1) is 20.8. The Balaban J connectivity index is 1.06. The van der Waals surface area contributed by atoms with Crippen LogP contribution >= 0.6 is 0 Å². The highest BCUT2D eigenvalue weighted by Gasteiger charge is 2.37. The Hall–Kier alpha value is -5.48. The van der Waals surface area contributed by atoms with Crippen molar-refractivity contribution in [3.63, 3.8) is 0 Å². The first kappa shape index (κ1) is 24.3. The minimum absolute atomic E-state index is 0.103. The van der Waals surface area contributed by atoms with Gasteiger partial charge in [0.05, 0.1) is 17.4 Å². The van der Waals surface area contributed by atoms with Crippen LogP contribution in [0.3, 0.4) is 0 Å². The maximum absolute atomic E-state index is 3.77. The summed E-state index contributed by atoms with van der Waals surface area (Å²) in [6.45, 7) is 0. The number of nitrogens with one attached hydrogen (secondary N) is 4. The molecule has 2 aliphatic heterocycles. The van der Waals surface area contributed by atoms with Crippen molar-refractivity contribution in [1.82, 2.24) is 0 Å². The second-order valence-corrected chi connectivity index (χ2v) is 10.9. The number of rotatable bonds is 5. The van der Waals surface area contributed by atoms with Crippen molar-refractivity contribution in [3.8, 4) is 33.4 Å². The van der Waals surface area contributed by atoms with Crippen LogP contribution < -0.4 is 21.3 Å². The zero-order chi connectivity index (χ0) is 27.9. The third-order valence-corrected chi connectivity index (χ3v) is 8.30. The van der Waals surface area contributed by atoms with Gasteiger partial charge in [0.1, 0.15) is 6.17 Å². The molecule has 2 atom stereocenters. The SMILES string of the molecule is c1ccc(-c2ccccc2Nc2ccc(-c3cccc(-c4cccc5c4NC4Nc6ccccc6NC54)c3)cc2)cc1. The Morgan fingerprint density at radius 1 is 0.452 bits per heavy atom. The van der Waals surface area contributed by atoms with E-state index in [4.69, 9.17) is 0 Å². The molecule has 2 heterocycles. The van der Waals surface area contributed by atoms with Crippen LogP contribution in [0.15, 0.2) is 146 Å². The molecule has 0 radical (unpaired) electrons. The van der Waals surface area contributed by atoms with Gasteiger partial charge < -0.3 is 21.3 Å². The molecule has 0 bridgehead atoms. The summed E-state index contributed by atoms with van der Waals surface area (Å²) < 4.78 is 0. The fraction of sp³-hybridized carbons (Fsp3) is 0.0526. The molecular formula is C38H30N4. The largest absolute Gasteiger partial charge is 0.373 e. The van der Waals surface area contributed by atoms with Gasteiger partial charge >= 0.3 is 0 Å². The number of para-hydroxylation sites is 4. The quantitative estimate of drug-likeness (QED) is 0.175. The summed E-state index contributed by atoms with van der Waals surface area (Å²) in [7, 11) is 0. The molecule has 2 aliphatic rings. The summed E-state index contributed by atoms with van der Waals surface area (Å²) in [5, 5.41) is 14.8. The van der Waals surface area contributed by atoms with E-state index in [9.17, 15) is 0 Å². The van der Waals surface area contributed by atoms with Gasteiger partial charge in [-0.25, -0.2) is 0 Å². The van der Waals surface area contributed by atoms with E-state index < -0.39 is 0 Å². The lowest BCUT2D eigenvalue weighted by Crippen LogP contribution is -2.37. The molecule has 0 amide bonds. The van der Waals surface area contributed by atoms with Crippen LogP contribution in [0.2, 0.25) is 0 Å². The Labute approximate surface area is 246 Å². The van der Waals surface area contributed by atoms with E-state index >= 15 is 0 Å². The second-order valence-electron chi connectivity index (χ2n) is 10.9. The normalized spacial score (nSPS) is 16.2. The van der Waals surface area contributed by atoms with Gasteiger partial charge in [0, 0.05) is 33.8 Å². The first-order valence-corrected chi connectivity index (χ1v) is 14.4. The van der Waals surface area contributed by atoms with E-state index in [1.807, 2.05) is 0 Å². The molecule has 6 aromatic rings. The minimum Gasteiger partial charge on any atom is -0.373 e. The van der Waals surface area contributed by atoms with Crippen molar-refractivity contribution < 1.29 is 0 Å². The van der Waals surface area contributed by atoms with Gasteiger partial charge in [0.15, 0.2) is 0 Å². The number of hydrogen-bond donors (Lipinski definition) is 4. The Kier molecular flexibility index (Phi) is 5.89. The molecule has 8 rings (SSSR count). The average molecular weight is 543 g/mol. The number of hydrogen-bond acceptors (Lipinski definition) is 4. The van der Waals surface area contributed by atoms with Gasteiger partial charge in [0.25, 0.3) is 0 Å². The molecule has 6 aromatic carbocycles. The van der Waals surface area contributed by atoms with Crippen LogP contribution in [0.4, 0.5) is 28.4 Å². The number of anilines is 5. The van der Waals surface area contributed by atoms with Crippen LogP contribution in [0, 0.1) is 0 Å². The molecule has 0 saturated heterocycles. The smallest absolute Gasteiger partial charge is 0.122 e. The van der Waals surface area contributed by atoms with Crippen molar-refractivity contribution in [2.45, 2.75) is 12.2 Å². The van der Waals surface area contributed by atoms with Crippen molar-refractivity contribution in [2.75, 3.05) is 21.3 Å². The molecule has 2 unspecified atom stereocenters. The lowest BCUT2D eigenvalue weighted by Gasteiger charge is -2.31. The zero-order valence-electron chi connectivity index (χ0n) is 23.0. The molecule has 0 fully saturated rings. The summed E-state index contributed by atoms with van der Waals surface area (Å²) >= 11 is 0. The molecule has 0 aromatic heterocycles. The van der Waals surface area contributed by atoms with Gasteiger partial charge in [-0.1, -0.05) is 109 Å². The van der Waals surface area contributed by atoms with Gasteiger partial charge in [-0.3, -0.25) is 0 Å². The maximum atomic E-state index is 3.77. The molecule has 0 spiro atoms. The highest BCUT2D eigenvalue weighted by atomic mass is 15.2.